The van der Waals surface area contributed by atoms with Crippen molar-refractivity contribution >= 4 is 11.6 Å². The first-order chi connectivity index (χ1) is 8.99. The van der Waals surface area contributed by atoms with E-state index in [-0.39, 0.29) is 17.4 Å². The molecule has 0 aliphatic carbocycles. The molecule has 0 aliphatic heterocycles. The van der Waals surface area contributed by atoms with E-state index in [1.54, 1.807) is 38.1 Å². The van der Waals surface area contributed by atoms with Crippen molar-refractivity contribution in [1.29, 1.82) is 0 Å². The molecule has 5 nitrogen and oxygen atoms in total. The molecule has 0 saturated carbocycles. The van der Waals surface area contributed by atoms with Crippen LogP contribution in [0.1, 0.15) is 28.5 Å². The maximum absolute atomic E-state index is 10.9. The van der Waals surface area contributed by atoms with Gasteiger partial charge in [0.15, 0.2) is 0 Å². The van der Waals surface area contributed by atoms with Crippen molar-refractivity contribution in [2.45, 2.75) is 19.8 Å². The van der Waals surface area contributed by atoms with Gasteiger partial charge in [-0.25, -0.2) is 0 Å². The quantitative estimate of drug-likeness (QED) is 0.636. The first-order valence-corrected chi connectivity index (χ1v) is 6.17. The fourth-order valence-electron chi connectivity index (χ4n) is 2.20. The molecule has 0 fully saturated rings. The van der Waals surface area contributed by atoms with Gasteiger partial charge in [0, 0.05) is 15.5 Å². The lowest BCUT2D eigenvalue weighted by molar-refractivity contribution is -0.481. The van der Waals surface area contributed by atoms with Crippen molar-refractivity contribution < 1.29 is 9.45 Å². The fraction of sp³-hybridized carbons (Fsp3) is 0.308. The first-order valence-electron chi connectivity index (χ1n) is 5.79. The molecule has 0 bridgehead atoms. The van der Waals surface area contributed by atoms with Crippen LogP contribution in [0.3, 0.4) is 0 Å². The summed E-state index contributed by atoms with van der Waals surface area (Å²) in [4.78, 5) is 10.6. The lowest BCUT2D eigenvalue weighted by Crippen LogP contribution is -2.15. The molecule has 2 rings (SSSR count). The lowest BCUT2D eigenvalue weighted by atomic mass is 9.90. The molecule has 1 aromatic carbocycles. The zero-order valence-corrected chi connectivity index (χ0v) is 11.3. The van der Waals surface area contributed by atoms with Crippen molar-refractivity contribution in [2.75, 3.05) is 6.54 Å². The van der Waals surface area contributed by atoms with Crippen molar-refractivity contribution in [3.8, 4) is 0 Å². The van der Waals surface area contributed by atoms with Crippen LogP contribution in [-0.2, 0) is 0 Å². The highest BCUT2D eigenvalue weighted by atomic mass is 35.5. The predicted octanol–water partition coefficient (Wildman–Crippen LogP) is 3.35. The van der Waals surface area contributed by atoms with Crippen LogP contribution >= 0.6 is 11.6 Å². The molecule has 0 N–H and O–H groups in total. The molecule has 0 spiro atoms. The van der Waals surface area contributed by atoms with Crippen LogP contribution in [-0.4, -0.2) is 16.6 Å². The van der Waals surface area contributed by atoms with Crippen LogP contribution < -0.4 is 0 Å². The van der Waals surface area contributed by atoms with Gasteiger partial charge in [-0.1, -0.05) is 28.9 Å². The van der Waals surface area contributed by atoms with E-state index in [2.05, 4.69) is 5.16 Å². The summed E-state index contributed by atoms with van der Waals surface area (Å²) >= 11 is 5.84. The van der Waals surface area contributed by atoms with E-state index >= 15 is 0 Å². The average molecular weight is 281 g/mol. The molecule has 100 valence electrons. The standard InChI is InChI=1S/C13H13ClN2O3/c1-8-13(9(2)19-15-8)12(7-16(17)18)10-3-5-11(14)6-4-10/h3-6,12H,7H2,1-2H3/t12-/m1/s1. The maximum Gasteiger partial charge on any atom is 0.214 e. The Hall–Kier alpha value is -1.88. The number of benzene rings is 1. The Bertz CT molecular complexity index is 573. The van der Waals surface area contributed by atoms with Gasteiger partial charge < -0.3 is 4.52 Å². The first kappa shape index (κ1) is 13.5. The third-order valence-corrected chi connectivity index (χ3v) is 3.29. The lowest BCUT2D eigenvalue weighted by Gasteiger charge is -2.13. The van der Waals surface area contributed by atoms with E-state index in [4.69, 9.17) is 16.1 Å². The number of hydrogen-bond donors (Lipinski definition) is 0. The Labute approximate surface area is 115 Å². The molecule has 0 unspecified atom stereocenters. The number of nitro groups is 1. The van der Waals surface area contributed by atoms with Gasteiger partial charge in [-0.05, 0) is 31.5 Å². The van der Waals surface area contributed by atoms with E-state index in [1.807, 2.05) is 0 Å². The zero-order valence-electron chi connectivity index (χ0n) is 10.6. The van der Waals surface area contributed by atoms with Crippen molar-refractivity contribution in [3.05, 3.63) is 62.0 Å². The van der Waals surface area contributed by atoms with Crippen molar-refractivity contribution in [2.24, 2.45) is 0 Å². The summed E-state index contributed by atoms with van der Waals surface area (Å²) in [5, 5.41) is 15.4. The van der Waals surface area contributed by atoms with E-state index in [0.717, 1.165) is 11.1 Å². The Balaban J connectivity index is 2.47. The predicted molar refractivity (Wildman–Crippen MR) is 71.1 cm³/mol. The van der Waals surface area contributed by atoms with Gasteiger partial charge in [-0.2, -0.15) is 0 Å². The highest BCUT2D eigenvalue weighted by molar-refractivity contribution is 6.30. The summed E-state index contributed by atoms with van der Waals surface area (Å²) in [6, 6.07) is 7.04. The van der Waals surface area contributed by atoms with Crippen molar-refractivity contribution in [3.63, 3.8) is 0 Å². The van der Waals surface area contributed by atoms with Gasteiger partial charge in [0.1, 0.15) is 5.76 Å². The van der Waals surface area contributed by atoms with E-state index in [9.17, 15) is 10.1 Å². The second kappa shape index (κ2) is 5.40. The molecule has 6 heteroatoms. The fourth-order valence-corrected chi connectivity index (χ4v) is 2.32. The number of aryl methyl sites for hydroxylation is 2. The van der Waals surface area contributed by atoms with Gasteiger partial charge in [-0.15, -0.1) is 0 Å². The molecule has 1 aromatic heterocycles. The van der Waals surface area contributed by atoms with Crippen LogP contribution in [0, 0.1) is 24.0 Å². The summed E-state index contributed by atoms with van der Waals surface area (Å²) in [5.74, 6) is 0.234. The highest BCUT2D eigenvalue weighted by Gasteiger charge is 2.26. The molecular formula is C13H13ClN2O3. The summed E-state index contributed by atoms with van der Waals surface area (Å²) in [6.07, 6.45) is 0. The topological polar surface area (TPSA) is 69.2 Å². The van der Waals surface area contributed by atoms with E-state index < -0.39 is 0 Å². The second-order valence-corrected chi connectivity index (χ2v) is 4.79. The molecule has 0 aliphatic rings. The number of halogens is 1. The summed E-state index contributed by atoms with van der Waals surface area (Å²) < 4.78 is 5.10. The largest absolute Gasteiger partial charge is 0.361 e. The van der Waals surface area contributed by atoms with Gasteiger partial charge in [0.2, 0.25) is 6.54 Å². The minimum absolute atomic E-state index is 0.204. The zero-order chi connectivity index (χ0) is 14.0. The van der Waals surface area contributed by atoms with Gasteiger partial charge >= 0.3 is 0 Å². The van der Waals surface area contributed by atoms with E-state index in [1.165, 1.54) is 0 Å². The number of aromatic nitrogens is 1. The Morgan fingerprint density at radius 3 is 2.47 bits per heavy atom. The van der Waals surface area contributed by atoms with Crippen LogP contribution in [0.25, 0.3) is 0 Å². The smallest absolute Gasteiger partial charge is 0.214 e. The normalized spacial score (nSPS) is 12.4. The molecule has 19 heavy (non-hydrogen) atoms. The average Bonchev–Trinajstić information content (AvgIpc) is 2.67. The van der Waals surface area contributed by atoms with E-state index in [0.29, 0.717) is 16.5 Å². The number of rotatable bonds is 4. The van der Waals surface area contributed by atoms with Gasteiger partial charge in [0.25, 0.3) is 0 Å². The number of hydrogen-bond acceptors (Lipinski definition) is 4. The molecule has 1 atom stereocenters. The summed E-state index contributed by atoms with van der Waals surface area (Å²) in [7, 11) is 0. The third kappa shape index (κ3) is 2.93. The van der Waals surface area contributed by atoms with Crippen LogP contribution in [0.2, 0.25) is 5.02 Å². The Morgan fingerprint density at radius 1 is 1.37 bits per heavy atom. The molecule has 2 aromatic rings. The minimum atomic E-state index is -0.376. The molecule has 1 heterocycles. The van der Waals surface area contributed by atoms with Crippen LogP contribution in [0.5, 0.6) is 0 Å². The molecule has 0 amide bonds. The van der Waals surface area contributed by atoms with Crippen LogP contribution in [0.15, 0.2) is 28.8 Å². The summed E-state index contributed by atoms with van der Waals surface area (Å²) in [6.45, 7) is 3.34. The Morgan fingerprint density at radius 2 is 2.00 bits per heavy atom. The summed E-state index contributed by atoms with van der Waals surface area (Å²) in [5.41, 5.74) is 2.29. The highest BCUT2D eigenvalue weighted by Crippen LogP contribution is 2.30. The second-order valence-electron chi connectivity index (χ2n) is 4.36. The van der Waals surface area contributed by atoms with Gasteiger partial charge in [0.05, 0.1) is 11.6 Å². The molecule has 0 saturated heterocycles. The van der Waals surface area contributed by atoms with Gasteiger partial charge in [-0.3, -0.25) is 10.1 Å². The van der Waals surface area contributed by atoms with Crippen LogP contribution in [0.4, 0.5) is 0 Å². The minimum Gasteiger partial charge on any atom is -0.361 e. The molecule has 0 radical (unpaired) electrons. The third-order valence-electron chi connectivity index (χ3n) is 3.04. The molecular weight excluding hydrogens is 268 g/mol. The monoisotopic (exact) mass is 280 g/mol. The Kier molecular flexibility index (Phi) is 3.85. The SMILES string of the molecule is Cc1noc(C)c1[C@H](C[N+](=O)[O-])c1ccc(Cl)cc1. The number of nitrogens with zero attached hydrogens (tertiary/aromatic N) is 2. The van der Waals surface area contributed by atoms with Crippen molar-refractivity contribution in [1.82, 2.24) is 5.16 Å². The maximum atomic E-state index is 10.9.